The van der Waals surface area contributed by atoms with E-state index in [1.165, 1.54) is 6.42 Å². The Morgan fingerprint density at radius 1 is 1.45 bits per heavy atom. The normalized spacial score (nSPS) is 27.9. The summed E-state index contributed by atoms with van der Waals surface area (Å²) >= 11 is 3.50. The van der Waals surface area contributed by atoms with Crippen LogP contribution in [0, 0.1) is 29.6 Å². The highest BCUT2D eigenvalue weighted by molar-refractivity contribution is 9.10. The summed E-state index contributed by atoms with van der Waals surface area (Å²) in [6.07, 6.45) is 4.18. The van der Waals surface area contributed by atoms with Crippen LogP contribution in [0.2, 0.25) is 0 Å². The van der Waals surface area contributed by atoms with E-state index in [4.69, 9.17) is 0 Å². The summed E-state index contributed by atoms with van der Waals surface area (Å²) in [5.41, 5.74) is 1.38. The lowest BCUT2D eigenvalue weighted by molar-refractivity contribution is 0.0242. The quantitative estimate of drug-likeness (QED) is 0.853. The number of aryl methyl sites for hydroxylation is 1. The van der Waals surface area contributed by atoms with Crippen molar-refractivity contribution in [2.24, 2.45) is 11.3 Å². The molecule has 1 aromatic rings. The third-order valence-electron chi connectivity index (χ3n) is 4.83. The Morgan fingerprint density at radius 2 is 2.10 bits per heavy atom. The van der Waals surface area contributed by atoms with Gasteiger partial charge in [-0.05, 0) is 55.7 Å². The lowest BCUT2D eigenvalue weighted by Gasteiger charge is -2.38. The van der Waals surface area contributed by atoms with E-state index in [0.717, 1.165) is 41.3 Å². The van der Waals surface area contributed by atoms with Crippen LogP contribution in [0.1, 0.15) is 56.3 Å². The van der Waals surface area contributed by atoms with Gasteiger partial charge < -0.3 is 5.11 Å². The number of nitriles is 1. The van der Waals surface area contributed by atoms with Gasteiger partial charge in [0.25, 0.3) is 0 Å². The molecule has 0 radical (unpaired) electrons. The van der Waals surface area contributed by atoms with Gasteiger partial charge in [-0.15, -0.1) is 0 Å². The van der Waals surface area contributed by atoms with E-state index in [1.54, 1.807) is 0 Å². The molecule has 1 aliphatic rings. The molecule has 1 aliphatic carbocycles. The van der Waals surface area contributed by atoms with Crippen LogP contribution in [0.5, 0.6) is 0 Å². The molecule has 0 saturated heterocycles. The summed E-state index contributed by atoms with van der Waals surface area (Å²) < 4.78 is 0.990. The van der Waals surface area contributed by atoms with E-state index in [2.05, 4.69) is 28.9 Å². The summed E-state index contributed by atoms with van der Waals surface area (Å²) in [4.78, 5) is 0. The largest absolute Gasteiger partial charge is 0.387 e. The summed E-state index contributed by atoms with van der Waals surface area (Å²) in [6, 6.07) is 8.31. The molecule has 0 spiro atoms. The molecule has 3 heteroatoms. The van der Waals surface area contributed by atoms with E-state index >= 15 is 0 Å². The van der Waals surface area contributed by atoms with Crippen molar-refractivity contribution in [3.05, 3.63) is 33.8 Å². The van der Waals surface area contributed by atoms with Crippen LogP contribution in [0.4, 0.5) is 0 Å². The van der Waals surface area contributed by atoms with Gasteiger partial charge in [-0.25, -0.2) is 0 Å². The molecular weight excluding hydrogens is 314 g/mol. The van der Waals surface area contributed by atoms with Gasteiger partial charge >= 0.3 is 0 Å². The monoisotopic (exact) mass is 335 g/mol. The average molecular weight is 336 g/mol. The van der Waals surface area contributed by atoms with Crippen LogP contribution in [-0.4, -0.2) is 5.11 Å². The summed E-state index contributed by atoms with van der Waals surface area (Å²) in [5, 5.41) is 20.4. The Labute approximate surface area is 129 Å². The van der Waals surface area contributed by atoms with E-state index < -0.39 is 11.5 Å². The number of rotatable bonds is 3. The molecule has 1 atom stereocenters. The Balaban J connectivity index is 2.23. The van der Waals surface area contributed by atoms with Gasteiger partial charge in [0.05, 0.1) is 17.6 Å². The number of halogens is 1. The topological polar surface area (TPSA) is 44.0 Å². The van der Waals surface area contributed by atoms with Crippen LogP contribution < -0.4 is 0 Å². The predicted octanol–water partition coefficient (Wildman–Crippen LogP) is 4.90. The first-order chi connectivity index (χ1) is 9.52. The SMILES string of the molecule is CCC1CCC(C#N)(C(O)c2ccc(C)c(Br)c2)CC1. The lowest BCUT2D eigenvalue weighted by atomic mass is 9.66. The minimum Gasteiger partial charge on any atom is -0.387 e. The molecule has 2 nitrogen and oxygen atoms in total. The minimum atomic E-state index is -0.692. The van der Waals surface area contributed by atoms with Gasteiger partial charge in [0.15, 0.2) is 0 Å². The molecule has 1 fully saturated rings. The van der Waals surface area contributed by atoms with Gasteiger partial charge in [0, 0.05) is 4.47 Å². The molecule has 0 amide bonds. The molecule has 0 heterocycles. The number of benzene rings is 1. The van der Waals surface area contributed by atoms with Gasteiger partial charge in [0.1, 0.15) is 0 Å². The first kappa shape index (κ1) is 15.5. The molecule has 0 bridgehead atoms. The molecule has 0 aromatic heterocycles. The molecule has 1 unspecified atom stereocenters. The fourth-order valence-electron chi connectivity index (χ4n) is 3.15. The Kier molecular flexibility index (Phi) is 4.88. The molecule has 2 rings (SSSR count). The van der Waals surface area contributed by atoms with Crippen molar-refractivity contribution in [3.8, 4) is 6.07 Å². The molecule has 1 saturated carbocycles. The average Bonchev–Trinajstić information content (AvgIpc) is 2.49. The van der Waals surface area contributed by atoms with Crippen LogP contribution in [-0.2, 0) is 0 Å². The standard InChI is InChI=1S/C17H22BrNO/c1-3-13-6-8-17(11-19,9-7-13)16(20)14-5-4-12(2)15(18)10-14/h4-5,10,13,16,20H,3,6-9H2,1-2H3. The van der Waals surface area contributed by atoms with E-state index in [1.807, 2.05) is 25.1 Å². The van der Waals surface area contributed by atoms with Crippen molar-refractivity contribution in [2.75, 3.05) is 0 Å². The third kappa shape index (κ3) is 2.92. The number of hydrogen-bond donors (Lipinski definition) is 1. The van der Waals surface area contributed by atoms with Crippen molar-refractivity contribution in [1.82, 2.24) is 0 Å². The van der Waals surface area contributed by atoms with Crippen LogP contribution in [0.15, 0.2) is 22.7 Å². The zero-order valence-corrected chi connectivity index (χ0v) is 13.8. The molecule has 108 valence electrons. The van der Waals surface area contributed by atoms with Crippen LogP contribution in [0.3, 0.4) is 0 Å². The maximum absolute atomic E-state index is 10.7. The molecule has 1 aromatic carbocycles. The van der Waals surface area contributed by atoms with E-state index in [9.17, 15) is 10.4 Å². The molecular formula is C17H22BrNO. The highest BCUT2D eigenvalue weighted by Crippen LogP contribution is 2.48. The first-order valence-electron chi connectivity index (χ1n) is 7.38. The summed E-state index contributed by atoms with van der Waals surface area (Å²) in [6.45, 7) is 4.23. The fraction of sp³-hybridized carbons (Fsp3) is 0.588. The first-order valence-corrected chi connectivity index (χ1v) is 8.17. The smallest absolute Gasteiger partial charge is 0.0976 e. The number of hydrogen-bond acceptors (Lipinski definition) is 2. The zero-order valence-electron chi connectivity index (χ0n) is 12.2. The maximum Gasteiger partial charge on any atom is 0.0976 e. The number of nitrogens with zero attached hydrogens (tertiary/aromatic N) is 1. The number of aliphatic hydroxyl groups is 1. The second kappa shape index (κ2) is 6.28. The van der Waals surface area contributed by atoms with E-state index in [-0.39, 0.29) is 0 Å². The zero-order chi connectivity index (χ0) is 14.8. The van der Waals surface area contributed by atoms with E-state index in [0.29, 0.717) is 5.92 Å². The van der Waals surface area contributed by atoms with Crippen molar-refractivity contribution in [2.45, 2.75) is 52.1 Å². The van der Waals surface area contributed by atoms with Gasteiger partial charge in [-0.3, -0.25) is 0 Å². The lowest BCUT2D eigenvalue weighted by Crippen LogP contribution is -2.32. The minimum absolute atomic E-state index is 0.611. The molecule has 20 heavy (non-hydrogen) atoms. The van der Waals surface area contributed by atoms with Crippen molar-refractivity contribution >= 4 is 15.9 Å². The van der Waals surface area contributed by atoms with Crippen molar-refractivity contribution in [3.63, 3.8) is 0 Å². The summed E-state index contributed by atoms with van der Waals surface area (Å²) in [7, 11) is 0. The second-order valence-electron chi connectivity index (χ2n) is 6.03. The summed E-state index contributed by atoms with van der Waals surface area (Å²) in [5.74, 6) is 0.716. The highest BCUT2D eigenvalue weighted by Gasteiger charge is 2.42. The third-order valence-corrected chi connectivity index (χ3v) is 5.69. The van der Waals surface area contributed by atoms with Crippen LogP contribution >= 0.6 is 15.9 Å². The Bertz CT molecular complexity index is 512. The van der Waals surface area contributed by atoms with Crippen molar-refractivity contribution < 1.29 is 5.11 Å². The van der Waals surface area contributed by atoms with Gasteiger partial charge in [0.2, 0.25) is 0 Å². The maximum atomic E-state index is 10.7. The Hall–Kier alpha value is -0.850. The second-order valence-corrected chi connectivity index (χ2v) is 6.89. The van der Waals surface area contributed by atoms with Gasteiger partial charge in [-0.1, -0.05) is 41.4 Å². The van der Waals surface area contributed by atoms with Crippen LogP contribution in [0.25, 0.3) is 0 Å². The highest BCUT2D eigenvalue weighted by atomic mass is 79.9. The molecule has 0 aliphatic heterocycles. The number of aliphatic hydroxyl groups excluding tert-OH is 1. The Morgan fingerprint density at radius 3 is 2.60 bits per heavy atom. The van der Waals surface area contributed by atoms with Gasteiger partial charge in [-0.2, -0.15) is 5.26 Å². The van der Waals surface area contributed by atoms with Crippen molar-refractivity contribution in [1.29, 1.82) is 5.26 Å². The fourth-order valence-corrected chi connectivity index (χ4v) is 3.54. The molecule has 1 N–H and O–H groups in total. The predicted molar refractivity (Wildman–Crippen MR) is 84.1 cm³/mol.